The molecule has 0 radical (unpaired) electrons. The van der Waals surface area contributed by atoms with E-state index in [1.807, 2.05) is 11.5 Å². The summed E-state index contributed by atoms with van der Waals surface area (Å²) in [6, 6.07) is 0. The fourth-order valence-electron chi connectivity index (χ4n) is 1.45. The molecule has 0 bridgehead atoms. The number of aromatic nitrogens is 2. The number of imidazole rings is 1. The average molecular weight is 265 g/mol. The Morgan fingerprint density at radius 3 is 2.56 bits per heavy atom. The molecule has 0 N–H and O–H groups in total. The van der Waals surface area contributed by atoms with Crippen molar-refractivity contribution in [2.75, 3.05) is 0 Å². The van der Waals surface area contributed by atoms with E-state index in [0.717, 1.165) is 18.8 Å². The highest BCUT2D eigenvalue weighted by Crippen LogP contribution is 2.16. The average Bonchev–Trinajstić information content (AvgIpc) is 2.60. The Hall–Kier alpha value is -0.550. The van der Waals surface area contributed by atoms with Crippen LogP contribution in [0.15, 0.2) is 11.2 Å². The lowest BCUT2D eigenvalue weighted by molar-refractivity contribution is 0.458. The fraction of sp³-hybridized carbons (Fsp3) is 0.700. The summed E-state index contributed by atoms with van der Waals surface area (Å²) < 4.78 is 24.2. The monoisotopic (exact) mass is 264 g/mol. The lowest BCUT2D eigenvalue weighted by Gasteiger charge is -2.11. The van der Waals surface area contributed by atoms with E-state index in [4.69, 9.17) is 10.7 Å². The molecule has 6 heteroatoms. The molecule has 0 aromatic carbocycles. The van der Waals surface area contributed by atoms with E-state index in [2.05, 4.69) is 18.8 Å². The molecule has 1 aromatic rings. The van der Waals surface area contributed by atoms with Gasteiger partial charge in [0.25, 0.3) is 9.05 Å². The molecule has 1 aromatic heterocycles. The molecule has 1 rings (SSSR count). The molecule has 92 valence electrons. The van der Waals surface area contributed by atoms with E-state index >= 15 is 0 Å². The lowest BCUT2D eigenvalue weighted by Crippen LogP contribution is -2.08. The van der Waals surface area contributed by atoms with Gasteiger partial charge in [-0.3, -0.25) is 0 Å². The quantitative estimate of drug-likeness (QED) is 0.768. The second-order valence-electron chi connectivity index (χ2n) is 3.95. The molecule has 0 spiro atoms. The van der Waals surface area contributed by atoms with Crippen molar-refractivity contribution < 1.29 is 8.42 Å². The van der Waals surface area contributed by atoms with Crippen molar-refractivity contribution >= 4 is 19.7 Å². The zero-order valence-electron chi connectivity index (χ0n) is 9.77. The van der Waals surface area contributed by atoms with Crippen molar-refractivity contribution in [2.45, 2.75) is 45.2 Å². The highest BCUT2D eigenvalue weighted by atomic mass is 35.7. The van der Waals surface area contributed by atoms with Gasteiger partial charge in [0.1, 0.15) is 5.82 Å². The number of hydrogen-bond acceptors (Lipinski definition) is 3. The maximum Gasteiger partial charge on any atom is 0.280 e. The van der Waals surface area contributed by atoms with Gasteiger partial charge in [0.15, 0.2) is 5.03 Å². The van der Waals surface area contributed by atoms with Crippen molar-refractivity contribution in [3.63, 3.8) is 0 Å². The van der Waals surface area contributed by atoms with Crippen LogP contribution in [0.2, 0.25) is 0 Å². The van der Waals surface area contributed by atoms with E-state index in [0.29, 0.717) is 12.3 Å². The smallest absolute Gasteiger partial charge is 0.280 e. The molecule has 0 aliphatic rings. The molecule has 0 aliphatic heterocycles. The molecular weight excluding hydrogens is 248 g/mol. The summed E-state index contributed by atoms with van der Waals surface area (Å²) in [5.41, 5.74) is 0. The number of rotatable bonds is 5. The number of halogens is 1. The van der Waals surface area contributed by atoms with Crippen LogP contribution in [0.4, 0.5) is 0 Å². The Kier molecular flexibility index (Phi) is 4.38. The van der Waals surface area contributed by atoms with Crippen LogP contribution in [-0.4, -0.2) is 18.0 Å². The van der Waals surface area contributed by atoms with Gasteiger partial charge in [-0.25, -0.2) is 13.4 Å². The van der Waals surface area contributed by atoms with Gasteiger partial charge < -0.3 is 4.57 Å². The Bertz CT molecular complexity index is 453. The third-order valence-corrected chi connectivity index (χ3v) is 3.78. The minimum absolute atomic E-state index is 0.0469. The van der Waals surface area contributed by atoms with Crippen LogP contribution in [0.5, 0.6) is 0 Å². The summed E-state index contributed by atoms with van der Waals surface area (Å²) in [5.74, 6) is 1.25. The first kappa shape index (κ1) is 13.5. The number of hydrogen-bond donors (Lipinski definition) is 0. The maximum absolute atomic E-state index is 11.2. The van der Waals surface area contributed by atoms with Crippen LogP contribution >= 0.6 is 10.7 Å². The topological polar surface area (TPSA) is 52.0 Å². The van der Waals surface area contributed by atoms with E-state index < -0.39 is 9.05 Å². The molecule has 1 heterocycles. The molecule has 0 aliphatic carbocycles. The van der Waals surface area contributed by atoms with E-state index in [9.17, 15) is 8.42 Å². The first-order valence-corrected chi connectivity index (χ1v) is 7.70. The molecule has 0 fully saturated rings. The number of aryl methyl sites for hydroxylation is 1. The first-order chi connectivity index (χ1) is 7.38. The Labute approximate surface area is 101 Å². The number of nitrogens with zero attached hydrogens (tertiary/aromatic N) is 2. The van der Waals surface area contributed by atoms with Crippen molar-refractivity contribution in [2.24, 2.45) is 5.92 Å². The first-order valence-electron chi connectivity index (χ1n) is 5.39. The van der Waals surface area contributed by atoms with Gasteiger partial charge in [0.2, 0.25) is 0 Å². The third kappa shape index (κ3) is 3.22. The van der Waals surface area contributed by atoms with Crippen LogP contribution in [0.3, 0.4) is 0 Å². The molecule has 0 saturated heterocycles. The largest absolute Gasteiger partial charge is 0.333 e. The summed E-state index contributed by atoms with van der Waals surface area (Å²) in [7, 11) is 1.55. The van der Waals surface area contributed by atoms with Crippen LogP contribution in [0.1, 0.15) is 33.0 Å². The zero-order valence-corrected chi connectivity index (χ0v) is 11.3. The highest BCUT2D eigenvalue weighted by Gasteiger charge is 2.17. The van der Waals surface area contributed by atoms with Gasteiger partial charge in [-0.15, -0.1) is 0 Å². The van der Waals surface area contributed by atoms with Crippen molar-refractivity contribution in [3.05, 3.63) is 12.0 Å². The molecule has 4 nitrogen and oxygen atoms in total. The molecule has 16 heavy (non-hydrogen) atoms. The predicted octanol–water partition coefficient (Wildman–Crippen LogP) is 2.42. The lowest BCUT2D eigenvalue weighted by atomic mass is 10.1. The standard InChI is InChI=1S/C10H17ClN2O2S/c1-4-8(3)6-13-7-10(16(11,14)15)12-9(13)5-2/h7-8H,4-6H2,1-3H3. The van der Waals surface area contributed by atoms with Gasteiger partial charge in [0.05, 0.1) is 0 Å². The molecule has 1 atom stereocenters. The maximum atomic E-state index is 11.2. The second-order valence-corrected chi connectivity index (χ2v) is 6.47. The van der Waals surface area contributed by atoms with Gasteiger partial charge in [-0.1, -0.05) is 27.2 Å². The molecule has 0 amide bonds. The Balaban J connectivity index is 3.05. The van der Waals surface area contributed by atoms with Crippen molar-refractivity contribution in [1.29, 1.82) is 0 Å². The zero-order chi connectivity index (χ0) is 12.3. The fourth-order valence-corrected chi connectivity index (χ4v) is 2.14. The van der Waals surface area contributed by atoms with Crippen molar-refractivity contribution in [1.82, 2.24) is 9.55 Å². The highest BCUT2D eigenvalue weighted by molar-refractivity contribution is 8.13. The summed E-state index contributed by atoms with van der Waals surface area (Å²) in [6.07, 6.45) is 3.26. The summed E-state index contributed by atoms with van der Waals surface area (Å²) in [6.45, 7) is 6.94. The van der Waals surface area contributed by atoms with Crippen LogP contribution in [-0.2, 0) is 22.0 Å². The predicted molar refractivity (Wildman–Crippen MR) is 64.1 cm³/mol. The van der Waals surface area contributed by atoms with Crippen LogP contribution < -0.4 is 0 Å². The Morgan fingerprint density at radius 1 is 1.50 bits per heavy atom. The summed E-state index contributed by atoms with van der Waals surface area (Å²) in [4.78, 5) is 4.03. The van der Waals surface area contributed by atoms with Gasteiger partial charge in [0, 0.05) is 29.8 Å². The van der Waals surface area contributed by atoms with Gasteiger partial charge in [-0.2, -0.15) is 0 Å². The Morgan fingerprint density at radius 2 is 2.12 bits per heavy atom. The second kappa shape index (κ2) is 5.19. The molecule has 0 saturated carbocycles. The van der Waals surface area contributed by atoms with Crippen molar-refractivity contribution in [3.8, 4) is 0 Å². The molecule has 1 unspecified atom stereocenters. The summed E-state index contributed by atoms with van der Waals surface area (Å²) in [5, 5.41) is -0.0469. The normalized spacial score (nSPS) is 14.0. The molecular formula is C10H17ClN2O2S. The van der Waals surface area contributed by atoms with E-state index in [-0.39, 0.29) is 5.03 Å². The van der Waals surface area contributed by atoms with E-state index in [1.165, 1.54) is 6.20 Å². The van der Waals surface area contributed by atoms with E-state index in [1.54, 1.807) is 0 Å². The van der Waals surface area contributed by atoms with Gasteiger partial charge >= 0.3 is 0 Å². The summed E-state index contributed by atoms with van der Waals surface area (Å²) >= 11 is 0. The third-order valence-electron chi connectivity index (χ3n) is 2.61. The minimum Gasteiger partial charge on any atom is -0.333 e. The van der Waals surface area contributed by atoms with Gasteiger partial charge in [-0.05, 0) is 5.92 Å². The van der Waals surface area contributed by atoms with Crippen LogP contribution in [0.25, 0.3) is 0 Å². The SMILES string of the molecule is CCc1nc(S(=O)(=O)Cl)cn1CC(C)CC. The van der Waals surface area contributed by atoms with Crippen LogP contribution in [0, 0.1) is 5.92 Å². The minimum atomic E-state index is -3.72.